The summed E-state index contributed by atoms with van der Waals surface area (Å²) in [5, 5.41) is 2.85. The van der Waals surface area contributed by atoms with Gasteiger partial charge in [-0.2, -0.15) is 0 Å². The Morgan fingerprint density at radius 1 is 1.22 bits per heavy atom. The highest BCUT2D eigenvalue weighted by atomic mass is 16.5. The lowest BCUT2D eigenvalue weighted by Crippen LogP contribution is -2.20. The summed E-state index contributed by atoms with van der Waals surface area (Å²) in [6.07, 6.45) is 6.34. The van der Waals surface area contributed by atoms with Crippen molar-refractivity contribution < 1.29 is 9.53 Å². The van der Waals surface area contributed by atoms with Crippen molar-refractivity contribution >= 4 is 17.3 Å². The Kier molecular flexibility index (Phi) is 2.86. The Balaban J connectivity index is 1.84. The molecule has 0 aromatic heterocycles. The van der Waals surface area contributed by atoms with Gasteiger partial charge in [0.1, 0.15) is 5.75 Å². The molecule has 1 heterocycles. The van der Waals surface area contributed by atoms with E-state index in [1.54, 1.807) is 0 Å². The number of fused-ring (bicyclic) bond motifs is 1. The lowest BCUT2D eigenvalue weighted by Gasteiger charge is -2.21. The van der Waals surface area contributed by atoms with Gasteiger partial charge in [-0.15, -0.1) is 0 Å². The van der Waals surface area contributed by atoms with Crippen LogP contribution in [-0.2, 0) is 11.2 Å². The molecule has 0 atom stereocenters. The molecule has 3 rings (SSSR count). The highest BCUT2D eigenvalue weighted by Crippen LogP contribution is 2.34. The number of ether oxygens (including phenoxy) is 1. The smallest absolute Gasteiger partial charge is 0.224 e. The van der Waals surface area contributed by atoms with Gasteiger partial charge in [0, 0.05) is 12.1 Å². The number of anilines is 2. The van der Waals surface area contributed by atoms with E-state index >= 15 is 0 Å². The van der Waals surface area contributed by atoms with Crippen LogP contribution in [0.2, 0.25) is 0 Å². The Morgan fingerprint density at radius 3 is 2.78 bits per heavy atom. The quantitative estimate of drug-likeness (QED) is 0.788. The van der Waals surface area contributed by atoms with Gasteiger partial charge in [-0.05, 0) is 49.8 Å². The molecule has 1 amide bonds. The summed E-state index contributed by atoms with van der Waals surface area (Å²) in [7, 11) is 0. The summed E-state index contributed by atoms with van der Waals surface area (Å²) in [5.74, 6) is 0.836. The first kappa shape index (κ1) is 11.4. The zero-order valence-electron chi connectivity index (χ0n) is 10.4. The van der Waals surface area contributed by atoms with Crippen molar-refractivity contribution in [2.24, 2.45) is 0 Å². The molecule has 96 valence electrons. The second-order valence-electron chi connectivity index (χ2n) is 5.12. The topological polar surface area (TPSA) is 64.3 Å². The van der Waals surface area contributed by atoms with E-state index in [0.29, 0.717) is 18.2 Å². The number of carbonyl (C=O) groups excluding carboxylic acids is 1. The number of nitrogens with one attached hydrogen (secondary N) is 1. The predicted octanol–water partition coefficient (Wildman–Crippen LogP) is 2.47. The Hall–Kier alpha value is -1.71. The molecule has 4 heteroatoms. The van der Waals surface area contributed by atoms with Gasteiger partial charge in [-0.25, -0.2) is 0 Å². The van der Waals surface area contributed by atoms with Gasteiger partial charge in [-0.3, -0.25) is 4.79 Å². The molecule has 0 spiro atoms. The fraction of sp³-hybridized carbons (Fsp3) is 0.500. The third-order valence-corrected chi connectivity index (χ3v) is 3.73. The zero-order valence-corrected chi connectivity index (χ0v) is 10.4. The van der Waals surface area contributed by atoms with Crippen LogP contribution in [0.1, 0.15) is 37.7 Å². The maximum atomic E-state index is 11.3. The highest BCUT2D eigenvalue weighted by Gasteiger charge is 2.21. The van der Waals surface area contributed by atoms with Crippen molar-refractivity contribution in [1.82, 2.24) is 0 Å². The van der Waals surface area contributed by atoms with Gasteiger partial charge in [0.05, 0.1) is 11.8 Å². The van der Waals surface area contributed by atoms with Crippen molar-refractivity contribution in [3.63, 3.8) is 0 Å². The number of nitrogen functional groups attached to an aromatic ring is 1. The fourth-order valence-electron chi connectivity index (χ4n) is 2.71. The number of nitrogens with two attached hydrogens (primary N) is 1. The van der Waals surface area contributed by atoms with Gasteiger partial charge in [0.25, 0.3) is 0 Å². The summed E-state index contributed by atoms with van der Waals surface area (Å²) in [5.41, 5.74) is 8.56. The number of hydrogen-bond acceptors (Lipinski definition) is 3. The molecular weight excluding hydrogens is 228 g/mol. The van der Waals surface area contributed by atoms with E-state index in [0.717, 1.165) is 36.3 Å². The van der Waals surface area contributed by atoms with Gasteiger partial charge in [0.2, 0.25) is 5.91 Å². The summed E-state index contributed by atoms with van der Waals surface area (Å²) < 4.78 is 5.96. The number of amides is 1. The average molecular weight is 246 g/mol. The largest absolute Gasteiger partial charge is 0.488 e. The summed E-state index contributed by atoms with van der Waals surface area (Å²) in [4.78, 5) is 11.3. The number of rotatable bonds is 2. The fourth-order valence-corrected chi connectivity index (χ4v) is 2.71. The number of aryl methyl sites for hydroxylation is 1. The van der Waals surface area contributed by atoms with Crippen LogP contribution < -0.4 is 15.8 Å². The van der Waals surface area contributed by atoms with Gasteiger partial charge >= 0.3 is 0 Å². The SMILES string of the molecule is Nc1cc2c(cc1OC1CCCC1)CCC(=O)N2. The molecule has 1 saturated carbocycles. The molecule has 0 saturated heterocycles. The van der Waals surface area contributed by atoms with Crippen molar-refractivity contribution in [3.8, 4) is 5.75 Å². The second-order valence-corrected chi connectivity index (χ2v) is 5.12. The molecule has 1 aliphatic carbocycles. The number of benzene rings is 1. The van der Waals surface area contributed by atoms with E-state index in [2.05, 4.69) is 5.32 Å². The highest BCUT2D eigenvalue weighted by molar-refractivity contribution is 5.94. The van der Waals surface area contributed by atoms with Crippen LogP contribution in [0.5, 0.6) is 5.75 Å². The molecule has 2 aliphatic rings. The average Bonchev–Trinajstić information content (AvgIpc) is 2.83. The van der Waals surface area contributed by atoms with E-state index in [9.17, 15) is 4.79 Å². The van der Waals surface area contributed by atoms with Crippen molar-refractivity contribution in [3.05, 3.63) is 17.7 Å². The van der Waals surface area contributed by atoms with Crippen LogP contribution in [0.4, 0.5) is 11.4 Å². The lowest BCUT2D eigenvalue weighted by molar-refractivity contribution is -0.116. The van der Waals surface area contributed by atoms with Crippen LogP contribution in [0.3, 0.4) is 0 Å². The van der Waals surface area contributed by atoms with Gasteiger partial charge in [0.15, 0.2) is 0 Å². The molecule has 4 nitrogen and oxygen atoms in total. The molecule has 18 heavy (non-hydrogen) atoms. The first-order valence-corrected chi connectivity index (χ1v) is 6.61. The summed E-state index contributed by atoms with van der Waals surface area (Å²) >= 11 is 0. The third kappa shape index (κ3) is 2.15. The molecular formula is C14H18N2O2. The van der Waals surface area contributed by atoms with Crippen LogP contribution in [0.15, 0.2) is 12.1 Å². The Labute approximate surface area is 107 Å². The molecule has 3 N–H and O–H groups in total. The summed E-state index contributed by atoms with van der Waals surface area (Å²) in [6.45, 7) is 0. The standard InChI is InChI=1S/C14H18N2O2/c15-11-8-12-9(5-6-14(17)16-12)7-13(11)18-10-3-1-2-4-10/h7-8,10H,1-6,15H2,(H,16,17). The van der Waals surface area contributed by atoms with Crippen molar-refractivity contribution in [2.75, 3.05) is 11.1 Å². The van der Waals surface area contributed by atoms with Crippen LogP contribution >= 0.6 is 0 Å². The molecule has 1 aromatic rings. The normalized spacial score (nSPS) is 19.4. The minimum absolute atomic E-state index is 0.0614. The van der Waals surface area contributed by atoms with Gasteiger partial charge < -0.3 is 15.8 Å². The monoisotopic (exact) mass is 246 g/mol. The molecule has 0 radical (unpaired) electrons. The zero-order chi connectivity index (χ0) is 12.5. The van der Waals surface area contributed by atoms with E-state index in [4.69, 9.17) is 10.5 Å². The molecule has 1 aromatic carbocycles. The van der Waals surface area contributed by atoms with Crippen LogP contribution in [0, 0.1) is 0 Å². The van der Waals surface area contributed by atoms with Crippen molar-refractivity contribution in [1.29, 1.82) is 0 Å². The van der Waals surface area contributed by atoms with Crippen LogP contribution in [0.25, 0.3) is 0 Å². The lowest BCUT2D eigenvalue weighted by atomic mass is 10.0. The van der Waals surface area contributed by atoms with E-state index in [1.807, 2.05) is 12.1 Å². The molecule has 0 bridgehead atoms. The Bertz CT molecular complexity index is 479. The number of carbonyl (C=O) groups is 1. The first-order valence-electron chi connectivity index (χ1n) is 6.61. The van der Waals surface area contributed by atoms with E-state index in [1.165, 1.54) is 12.8 Å². The van der Waals surface area contributed by atoms with Crippen molar-refractivity contribution in [2.45, 2.75) is 44.6 Å². The second kappa shape index (κ2) is 4.52. The Morgan fingerprint density at radius 2 is 2.00 bits per heavy atom. The third-order valence-electron chi connectivity index (χ3n) is 3.73. The maximum Gasteiger partial charge on any atom is 0.224 e. The van der Waals surface area contributed by atoms with Gasteiger partial charge in [-0.1, -0.05) is 0 Å². The summed E-state index contributed by atoms with van der Waals surface area (Å²) in [6, 6.07) is 3.80. The van der Waals surface area contributed by atoms with E-state index in [-0.39, 0.29) is 5.91 Å². The number of hydrogen-bond donors (Lipinski definition) is 2. The minimum Gasteiger partial charge on any atom is -0.488 e. The molecule has 0 unspecified atom stereocenters. The minimum atomic E-state index is 0.0614. The van der Waals surface area contributed by atoms with Crippen LogP contribution in [-0.4, -0.2) is 12.0 Å². The molecule has 1 fully saturated rings. The maximum absolute atomic E-state index is 11.3. The first-order chi connectivity index (χ1) is 8.72. The predicted molar refractivity (Wildman–Crippen MR) is 70.7 cm³/mol. The van der Waals surface area contributed by atoms with E-state index < -0.39 is 0 Å². The molecule has 1 aliphatic heterocycles.